The van der Waals surface area contributed by atoms with Gasteiger partial charge in [-0.3, -0.25) is 9.59 Å². The van der Waals surface area contributed by atoms with Crippen LogP contribution in [0.2, 0.25) is 0 Å². The second kappa shape index (κ2) is 10.3. The van der Waals surface area contributed by atoms with E-state index in [0.717, 1.165) is 19.3 Å². The fourth-order valence-corrected chi connectivity index (χ4v) is 2.99. The van der Waals surface area contributed by atoms with E-state index >= 15 is 0 Å². The summed E-state index contributed by atoms with van der Waals surface area (Å²) in [5, 5.41) is 2.99. The fourth-order valence-electron chi connectivity index (χ4n) is 2.99. The second-order valence-corrected chi connectivity index (χ2v) is 6.16. The van der Waals surface area contributed by atoms with Gasteiger partial charge in [0.15, 0.2) is 0 Å². The number of nitrogens with zero attached hydrogens (tertiary/aromatic N) is 1. The number of carbonyl (C=O) groups excluding carboxylic acids is 2. The number of methoxy groups -OCH3 is 1. The average Bonchev–Trinajstić information content (AvgIpc) is 3.00. The molecule has 6 nitrogen and oxygen atoms in total. The van der Waals surface area contributed by atoms with Crippen LogP contribution in [0, 0.1) is 5.92 Å². The van der Waals surface area contributed by atoms with Gasteiger partial charge in [0.05, 0.1) is 18.7 Å². The Balaban J connectivity index is 0.00000312. The van der Waals surface area contributed by atoms with Crippen LogP contribution in [0.5, 0.6) is 5.75 Å². The van der Waals surface area contributed by atoms with E-state index in [1.165, 1.54) is 0 Å². The van der Waals surface area contributed by atoms with Gasteiger partial charge >= 0.3 is 0 Å². The van der Waals surface area contributed by atoms with Crippen LogP contribution in [-0.4, -0.2) is 38.1 Å². The molecule has 3 N–H and O–H groups in total. The Morgan fingerprint density at radius 2 is 2.16 bits per heavy atom. The molecule has 2 rings (SSSR count). The van der Waals surface area contributed by atoms with Crippen molar-refractivity contribution < 1.29 is 14.3 Å². The monoisotopic (exact) mass is 369 g/mol. The zero-order valence-corrected chi connectivity index (χ0v) is 15.7. The summed E-state index contributed by atoms with van der Waals surface area (Å²) < 4.78 is 5.32. The Bertz CT molecular complexity index is 582. The first-order valence-corrected chi connectivity index (χ1v) is 8.54. The van der Waals surface area contributed by atoms with E-state index in [2.05, 4.69) is 12.2 Å². The van der Waals surface area contributed by atoms with Crippen molar-refractivity contribution in [3.8, 4) is 5.75 Å². The Labute approximate surface area is 155 Å². The third-order valence-corrected chi connectivity index (χ3v) is 4.41. The first kappa shape index (κ1) is 21.3. The molecule has 2 atom stereocenters. The highest BCUT2D eigenvalue weighted by Crippen LogP contribution is 2.32. The van der Waals surface area contributed by atoms with E-state index < -0.39 is 0 Å². The summed E-state index contributed by atoms with van der Waals surface area (Å²) in [6, 6.07) is 7.33. The van der Waals surface area contributed by atoms with Crippen LogP contribution in [0.15, 0.2) is 24.3 Å². The fraction of sp³-hybridized carbons (Fsp3) is 0.556. The number of carbonyl (C=O) groups is 2. The summed E-state index contributed by atoms with van der Waals surface area (Å²) in [7, 11) is 1.57. The van der Waals surface area contributed by atoms with Gasteiger partial charge in [-0.1, -0.05) is 31.9 Å². The van der Waals surface area contributed by atoms with Crippen molar-refractivity contribution in [2.45, 2.75) is 38.6 Å². The van der Waals surface area contributed by atoms with Gasteiger partial charge in [0.2, 0.25) is 11.8 Å². The standard InChI is InChI=1S/C18H27N3O3.ClH/c1-3-4-7-14(11-19)20-18(23)13-10-17(22)21(12-13)15-8-5-6-9-16(15)24-2;/h5-6,8-9,13-14H,3-4,7,10-12,19H2,1-2H3,(H,20,23);1H. The van der Waals surface area contributed by atoms with E-state index in [4.69, 9.17) is 10.5 Å². The lowest BCUT2D eigenvalue weighted by molar-refractivity contribution is -0.126. The highest BCUT2D eigenvalue weighted by Gasteiger charge is 2.36. The molecule has 0 bridgehead atoms. The number of anilines is 1. The number of nitrogens with two attached hydrogens (primary N) is 1. The number of amides is 2. The normalized spacial score (nSPS) is 17.8. The molecule has 0 spiro atoms. The highest BCUT2D eigenvalue weighted by molar-refractivity contribution is 6.01. The Morgan fingerprint density at radius 1 is 1.44 bits per heavy atom. The molecular formula is C18H28ClN3O3. The number of hydrogen-bond acceptors (Lipinski definition) is 4. The number of nitrogens with one attached hydrogen (secondary N) is 1. The summed E-state index contributed by atoms with van der Waals surface area (Å²) in [6.07, 6.45) is 3.18. The lowest BCUT2D eigenvalue weighted by Gasteiger charge is -2.21. The van der Waals surface area contributed by atoms with Crippen molar-refractivity contribution >= 4 is 29.9 Å². The van der Waals surface area contributed by atoms with Crippen molar-refractivity contribution in [1.82, 2.24) is 5.32 Å². The zero-order valence-electron chi connectivity index (χ0n) is 14.9. The SMILES string of the molecule is CCCCC(CN)NC(=O)C1CC(=O)N(c2ccccc2OC)C1.Cl. The van der Waals surface area contributed by atoms with Gasteiger partial charge in [-0.05, 0) is 18.6 Å². The Kier molecular flexibility index (Phi) is 8.72. The van der Waals surface area contributed by atoms with E-state index in [1.807, 2.05) is 24.3 Å². The average molecular weight is 370 g/mol. The summed E-state index contributed by atoms with van der Waals surface area (Å²) in [5.41, 5.74) is 6.45. The largest absolute Gasteiger partial charge is 0.495 e. The van der Waals surface area contributed by atoms with E-state index in [0.29, 0.717) is 24.5 Å². The van der Waals surface area contributed by atoms with Gasteiger partial charge < -0.3 is 20.7 Å². The van der Waals surface area contributed by atoms with Crippen LogP contribution in [0.4, 0.5) is 5.69 Å². The number of rotatable bonds is 8. The number of halogens is 1. The molecule has 25 heavy (non-hydrogen) atoms. The molecule has 0 aromatic heterocycles. The smallest absolute Gasteiger partial charge is 0.227 e. The number of unbranched alkanes of at least 4 members (excludes halogenated alkanes) is 1. The number of para-hydroxylation sites is 2. The van der Waals surface area contributed by atoms with Crippen molar-refractivity contribution in [1.29, 1.82) is 0 Å². The summed E-state index contributed by atoms with van der Waals surface area (Å²) in [5.74, 6) is 0.137. The molecule has 2 unspecified atom stereocenters. The molecule has 7 heteroatoms. The molecule has 1 fully saturated rings. The topological polar surface area (TPSA) is 84.7 Å². The van der Waals surface area contributed by atoms with E-state index in [9.17, 15) is 9.59 Å². The van der Waals surface area contributed by atoms with Crippen molar-refractivity contribution in [3.05, 3.63) is 24.3 Å². The summed E-state index contributed by atoms with van der Waals surface area (Å²) >= 11 is 0. The van der Waals surface area contributed by atoms with Gasteiger partial charge in [0, 0.05) is 25.6 Å². The second-order valence-electron chi connectivity index (χ2n) is 6.16. The maximum absolute atomic E-state index is 12.5. The Morgan fingerprint density at radius 3 is 2.80 bits per heavy atom. The zero-order chi connectivity index (χ0) is 17.5. The van der Waals surface area contributed by atoms with Crippen LogP contribution in [-0.2, 0) is 9.59 Å². The minimum Gasteiger partial charge on any atom is -0.495 e. The van der Waals surface area contributed by atoms with Gasteiger partial charge in [-0.15, -0.1) is 12.4 Å². The van der Waals surface area contributed by atoms with Crippen molar-refractivity contribution in [2.24, 2.45) is 11.7 Å². The Hall–Kier alpha value is -1.79. The first-order valence-electron chi connectivity index (χ1n) is 8.54. The molecular weight excluding hydrogens is 342 g/mol. The summed E-state index contributed by atoms with van der Waals surface area (Å²) in [4.78, 5) is 26.5. The molecule has 0 saturated carbocycles. The van der Waals surface area contributed by atoms with Crippen molar-refractivity contribution in [2.75, 3.05) is 25.1 Å². The molecule has 1 aromatic carbocycles. The van der Waals surface area contributed by atoms with Gasteiger partial charge in [-0.2, -0.15) is 0 Å². The molecule has 1 aromatic rings. The van der Waals surface area contributed by atoms with Gasteiger partial charge in [0.25, 0.3) is 0 Å². The van der Waals surface area contributed by atoms with Crippen LogP contribution in [0.3, 0.4) is 0 Å². The number of benzene rings is 1. The maximum atomic E-state index is 12.5. The quantitative estimate of drug-likeness (QED) is 0.735. The van der Waals surface area contributed by atoms with Gasteiger partial charge in [-0.25, -0.2) is 0 Å². The van der Waals surface area contributed by atoms with Crippen LogP contribution in [0.25, 0.3) is 0 Å². The lowest BCUT2D eigenvalue weighted by Crippen LogP contribution is -2.43. The third-order valence-electron chi connectivity index (χ3n) is 4.41. The molecule has 1 aliphatic rings. The third kappa shape index (κ3) is 5.34. The minimum absolute atomic E-state index is 0. The maximum Gasteiger partial charge on any atom is 0.227 e. The minimum atomic E-state index is -0.349. The van der Waals surface area contributed by atoms with Crippen molar-refractivity contribution in [3.63, 3.8) is 0 Å². The lowest BCUT2D eigenvalue weighted by atomic mass is 10.1. The molecule has 0 aliphatic carbocycles. The molecule has 0 radical (unpaired) electrons. The predicted octanol–water partition coefficient (Wildman–Crippen LogP) is 2.10. The molecule has 2 amide bonds. The van der Waals surface area contributed by atoms with Gasteiger partial charge in [0.1, 0.15) is 5.75 Å². The predicted molar refractivity (Wildman–Crippen MR) is 101 cm³/mol. The van der Waals surface area contributed by atoms with Crippen LogP contribution in [0.1, 0.15) is 32.6 Å². The van der Waals surface area contributed by atoms with Crippen LogP contribution < -0.4 is 20.7 Å². The summed E-state index contributed by atoms with van der Waals surface area (Å²) in [6.45, 7) is 2.90. The van der Waals surface area contributed by atoms with E-state index in [1.54, 1.807) is 12.0 Å². The number of ether oxygens (including phenoxy) is 1. The first-order chi connectivity index (χ1) is 11.6. The number of hydrogen-bond donors (Lipinski definition) is 2. The van der Waals surface area contributed by atoms with E-state index in [-0.39, 0.29) is 42.6 Å². The molecule has 1 saturated heterocycles. The molecule has 140 valence electrons. The molecule has 1 aliphatic heterocycles. The highest BCUT2D eigenvalue weighted by atomic mass is 35.5. The van der Waals surface area contributed by atoms with Crippen LogP contribution >= 0.6 is 12.4 Å². The molecule has 1 heterocycles.